The summed E-state index contributed by atoms with van der Waals surface area (Å²) in [6, 6.07) is 6.03. The molecule has 92 valence electrons. The lowest BCUT2D eigenvalue weighted by atomic mass is 10.1. The predicted octanol–water partition coefficient (Wildman–Crippen LogP) is 3.13. The van der Waals surface area contributed by atoms with Crippen LogP contribution in [-0.2, 0) is 11.2 Å². The normalized spacial score (nSPS) is 13.8. The molecule has 0 bridgehead atoms. The molecule has 0 aliphatic carbocycles. The minimum absolute atomic E-state index is 0.0751. The first-order valence-corrected chi connectivity index (χ1v) is 7.03. The van der Waals surface area contributed by atoms with Crippen molar-refractivity contribution in [1.82, 2.24) is 0 Å². The number of nitrogens with one attached hydrogen (secondary N) is 1. The summed E-state index contributed by atoms with van der Waals surface area (Å²) in [5.74, 6) is 0.697. The van der Waals surface area contributed by atoms with Crippen LogP contribution in [0.15, 0.2) is 18.2 Å². The molecule has 1 aromatic rings. The van der Waals surface area contributed by atoms with Gasteiger partial charge in [-0.2, -0.15) is 0 Å². The maximum absolute atomic E-state index is 11.2. The molecule has 0 spiro atoms. The van der Waals surface area contributed by atoms with Gasteiger partial charge in [0.2, 0.25) is 0 Å². The smallest absolute Gasteiger partial charge is 0.262 e. The number of carbonyl (C=O) groups excluding carboxylic acids is 1. The number of carbonyl (C=O) groups is 1. The Hall–Kier alpha value is -1.03. The minimum Gasteiger partial charge on any atom is -0.482 e. The van der Waals surface area contributed by atoms with Gasteiger partial charge in [-0.1, -0.05) is 28.4 Å². The Labute approximate surface area is 110 Å². The van der Waals surface area contributed by atoms with Crippen LogP contribution in [-0.4, -0.2) is 17.8 Å². The molecule has 0 fully saturated rings. The Balaban J connectivity index is 1.95. The summed E-state index contributed by atoms with van der Waals surface area (Å²) in [4.78, 5) is 11.2. The van der Waals surface area contributed by atoms with E-state index in [1.165, 1.54) is 24.8 Å². The first-order chi connectivity index (χ1) is 8.29. The lowest BCUT2D eigenvalue weighted by Gasteiger charge is -2.18. The van der Waals surface area contributed by atoms with E-state index in [9.17, 15) is 4.79 Å². The molecule has 1 N–H and O–H groups in total. The fourth-order valence-corrected chi connectivity index (χ4v) is 2.28. The van der Waals surface area contributed by atoms with Gasteiger partial charge in [0.1, 0.15) is 5.75 Å². The van der Waals surface area contributed by atoms with Crippen molar-refractivity contribution in [2.24, 2.45) is 0 Å². The highest BCUT2D eigenvalue weighted by molar-refractivity contribution is 9.09. The first kappa shape index (κ1) is 12.4. The van der Waals surface area contributed by atoms with Gasteiger partial charge < -0.3 is 10.1 Å². The number of aryl methyl sites for hydroxylation is 1. The van der Waals surface area contributed by atoms with Crippen molar-refractivity contribution in [2.75, 3.05) is 17.3 Å². The SMILES string of the molecule is O=C1COc2ccc(CCCCCBr)cc2N1. The summed E-state index contributed by atoms with van der Waals surface area (Å²) >= 11 is 3.43. The minimum atomic E-state index is -0.0751. The Morgan fingerprint density at radius 3 is 3.00 bits per heavy atom. The quantitative estimate of drug-likeness (QED) is 0.670. The molecule has 1 aliphatic rings. The summed E-state index contributed by atoms with van der Waals surface area (Å²) in [5, 5.41) is 3.90. The molecule has 0 unspecified atom stereocenters. The highest BCUT2D eigenvalue weighted by Gasteiger charge is 2.15. The van der Waals surface area contributed by atoms with Crippen molar-refractivity contribution >= 4 is 27.5 Å². The molecule has 0 atom stereocenters. The van der Waals surface area contributed by atoms with Crippen LogP contribution in [0.25, 0.3) is 0 Å². The third kappa shape index (κ3) is 3.46. The zero-order valence-electron chi connectivity index (χ0n) is 9.67. The molecule has 0 aromatic heterocycles. The average molecular weight is 298 g/mol. The highest BCUT2D eigenvalue weighted by atomic mass is 79.9. The zero-order chi connectivity index (χ0) is 12.1. The molecule has 1 aromatic carbocycles. The monoisotopic (exact) mass is 297 g/mol. The van der Waals surface area contributed by atoms with Crippen molar-refractivity contribution in [2.45, 2.75) is 25.7 Å². The lowest BCUT2D eigenvalue weighted by molar-refractivity contribution is -0.118. The standard InChI is InChI=1S/C13H16BrNO2/c14-7-3-1-2-4-10-5-6-12-11(8-10)15-13(16)9-17-12/h5-6,8H,1-4,7,9H2,(H,15,16). The molecule has 0 radical (unpaired) electrons. The number of ether oxygens (including phenoxy) is 1. The van der Waals surface area contributed by atoms with E-state index in [-0.39, 0.29) is 12.5 Å². The molecule has 2 rings (SSSR count). The van der Waals surface area contributed by atoms with Gasteiger partial charge in [-0.25, -0.2) is 0 Å². The Bertz CT molecular complexity index is 406. The summed E-state index contributed by atoms with van der Waals surface area (Å²) < 4.78 is 5.32. The molecular weight excluding hydrogens is 282 g/mol. The molecule has 0 saturated heterocycles. The molecule has 1 heterocycles. The summed E-state index contributed by atoms with van der Waals surface area (Å²) in [6.45, 7) is 0.123. The summed E-state index contributed by atoms with van der Waals surface area (Å²) in [5.41, 5.74) is 2.06. The maximum Gasteiger partial charge on any atom is 0.262 e. The van der Waals surface area contributed by atoms with Crippen molar-refractivity contribution in [3.05, 3.63) is 23.8 Å². The fraction of sp³-hybridized carbons (Fsp3) is 0.462. The van der Waals surface area contributed by atoms with Crippen LogP contribution in [0.5, 0.6) is 5.75 Å². The van der Waals surface area contributed by atoms with Crippen LogP contribution in [0, 0.1) is 0 Å². The van der Waals surface area contributed by atoms with Crippen molar-refractivity contribution < 1.29 is 9.53 Å². The van der Waals surface area contributed by atoms with Gasteiger partial charge in [0, 0.05) is 5.33 Å². The Morgan fingerprint density at radius 1 is 1.29 bits per heavy atom. The van der Waals surface area contributed by atoms with E-state index in [1.807, 2.05) is 12.1 Å². The number of hydrogen-bond acceptors (Lipinski definition) is 2. The number of rotatable bonds is 5. The topological polar surface area (TPSA) is 38.3 Å². The van der Waals surface area contributed by atoms with Gasteiger partial charge in [-0.15, -0.1) is 0 Å². The van der Waals surface area contributed by atoms with E-state index >= 15 is 0 Å². The van der Waals surface area contributed by atoms with Gasteiger partial charge in [0.15, 0.2) is 6.61 Å². The third-order valence-electron chi connectivity index (χ3n) is 2.78. The van der Waals surface area contributed by atoms with Crippen LogP contribution in [0.1, 0.15) is 24.8 Å². The van der Waals surface area contributed by atoms with Crippen molar-refractivity contribution in [1.29, 1.82) is 0 Å². The summed E-state index contributed by atoms with van der Waals surface area (Å²) in [7, 11) is 0. The second-order valence-electron chi connectivity index (χ2n) is 4.17. The number of halogens is 1. The van der Waals surface area contributed by atoms with E-state index < -0.39 is 0 Å². The molecule has 17 heavy (non-hydrogen) atoms. The van der Waals surface area contributed by atoms with Crippen molar-refractivity contribution in [3.63, 3.8) is 0 Å². The number of alkyl halides is 1. The second-order valence-corrected chi connectivity index (χ2v) is 4.96. The molecule has 3 nitrogen and oxygen atoms in total. The highest BCUT2D eigenvalue weighted by Crippen LogP contribution is 2.28. The van der Waals surface area contributed by atoms with Crippen LogP contribution in [0.3, 0.4) is 0 Å². The van der Waals surface area contributed by atoms with Crippen molar-refractivity contribution in [3.8, 4) is 5.75 Å². The maximum atomic E-state index is 11.2. The summed E-state index contributed by atoms with van der Waals surface area (Å²) in [6.07, 6.45) is 4.67. The van der Waals surface area contributed by atoms with E-state index in [2.05, 4.69) is 27.3 Å². The Kier molecular flexibility index (Phi) is 4.42. The van der Waals surface area contributed by atoms with Gasteiger partial charge in [-0.05, 0) is 37.0 Å². The first-order valence-electron chi connectivity index (χ1n) is 5.91. The number of amides is 1. The number of hydrogen-bond donors (Lipinski definition) is 1. The van der Waals surface area contributed by atoms with E-state index in [4.69, 9.17) is 4.74 Å². The average Bonchev–Trinajstić information content (AvgIpc) is 2.34. The van der Waals surface area contributed by atoms with E-state index in [0.717, 1.165) is 23.2 Å². The van der Waals surface area contributed by atoms with Crippen LogP contribution in [0.4, 0.5) is 5.69 Å². The van der Waals surface area contributed by atoms with Crippen LogP contribution in [0.2, 0.25) is 0 Å². The Morgan fingerprint density at radius 2 is 2.18 bits per heavy atom. The van der Waals surface area contributed by atoms with Crippen LogP contribution < -0.4 is 10.1 Å². The third-order valence-corrected chi connectivity index (χ3v) is 3.34. The number of anilines is 1. The van der Waals surface area contributed by atoms with Gasteiger partial charge >= 0.3 is 0 Å². The largest absolute Gasteiger partial charge is 0.482 e. The number of unbranched alkanes of at least 4 members (excludes halogenated alkanes) is 2. The lowest BCUT2D eigenvalue weighted by Crippen LogP contribution is -2.25. The fourth-order valence-electron chi connectivity index (χ4n) is 1.89. The molecular formula is C13H16BrNO2. The molecule has 4 heteroatoms. The zero-order valence-corrected chi connectivity index (χ0v) is 11.3. The van der Waals surface area contributed by atoms with Gasteiger partial charge in [0.25, 0.3) is 5.91 Å². The van der Waals surface area contributed by atoms with E-state index in [0.29, 0.717) is 0 Å². The van der Waals surface area contributed by atoms with Crippen LogP contribution >= 0.6 is 15.9 Å². The number of benzene rings is 1. The predicted molar refractivity (Wildman–Crippen MR) is 71.9 cm³/mol. The number of fused-ring (bicyclic) bond motifs is 1. The van der Waals surface area contributed by atoms with E-state index in [1.54, 1.807) is 0 Å². The van der Waals surface area contributed by atoms with Gasteiger partial charge in [0.05, 0.1) is 5.69 Å². The molecule has 0 saturated carbocycles. The second kappa shape index (κ2) is 6.05. The molecule has 1 amide bonds. The van der Waals surface area contributed by atoms with Gasteiger partial charge in [-0.3, -0.25) is 4.79 Å². The molecule has 1 aliphatic heterocycles.